The molecule has 2 saturated heterocycles. The highest BCUT2D eigenvalue weighted by Gasteiger charge is 2.64. The summed E-state index contributed by atoms with van der Waals surface area (Å²) < 4.78 is 0. The smallest absolute Gasteiger partial charge is 0.249 e. The van der Waals surface area contributed by atoms with Crippen LogP contribution in [0.5, 0.6) is 0 Å². The van der Waals surface area contributed by atoms with Crippen molar-refractivity contribution < 1.29 is 9.59 Å². The SMILES string of the molecule is CC1NC(=O)C2(CCNC2(C#N)c2ccccc2)NC1=O. The Morgan fingerprint density at radius 2 is 2.00 bits per heavy atom. The van der Waals surface area contributed by atoms with Gasteiger partial charge >= 0.3 is 0 Å². The molecule has 2 fully saturated rings. The van der Waals surface area contributed by atoms with Crippen molar-refractivity contribution in [3.05, 3.63) is 35.9 Å². The Bertz CT molecular complexity index is 639. The number of nitriles is 1. The predicted octanol–water partition coefficient (Wildman–Crippen LogP) is -0.228. The number of nitrogens with one attached hydrogen (secondary N) is 3. The van der Waals surface area contributed by atoms with Crippen LogP contribution in [0.15, 0.2) is 30.3 Å². The molecule has 0 aliphatic carbocycles. The van der Waals surface area contributed by atoms with Gasteiger partial charge in [-0.05, 0) is 25.5 Å². The first-order chi connectivity index (χ1) is 10.1. The van der Waals surface area contributed by atoms with Gasteiger partial charge in [0.1, 0.15) is 6.04 Å². The third kappa shape index (κ3) is 1.68. The molecule has 6 heteroatoms. The van der Waals surface area contributed by atoms with Crippen LogP contribution in [0.2, 0.25) is 0 Å². The molecule has 0 radical (unpaired) electrons. The monoisotopic (exact) mass is 284 g/mol. The van der Waals surface area contributed by atoms with Crippen LogP contribution in [0, 0.1) is 11.3 Å². The summed E-state index contributed by atoms with van der Waals surface area (Å²) in [4.78, 5) is 24.7. The highest BCUT2D eigenvalue weighted by atomic mass is 16.2. The Hall–Kier alpha value is -2.39. The van der Waals surface area contributed by atoms with Crippen molar-refractivity contribution in [3.63, 3.8) is 0 Å². The molecular weight excluding hydrogens is 268 g/mol. The standard InChI is InChI=1S/C15H16N4O2/c1-10-12(20)19-14(13(21)18-10)7-8-17-15(14,9-16)11-5-3-2-4-6-11/h2-6,10,17H,7-8H2,1H3,(H,18,21)(H,19,20). The number of amides is 2. The molecule has 1 aromatic rings. The van der Waals surface area contributed by atoms with Crippen LogP contribution < -0.4 is 16.0 Å². The van der Waals surface area contributed by atoms with E-state index in [4.69, 9.17) is 0 Å². The molecule has 2 aliphatic rings. The van der Waals surface area contributed by atoms with Crippen molar-refractivity contribution in [2.24, 2.45) is 0 Å². The summed E-state index contributed by atoms with van der Waals surface area (Å²) in [7, 11) is 0. The van der Waals surface area contributed by atoms with Crippen LogP contribution >= 0.6 is 0 Å². The highest BCUT2D eigenvalue weighted by molar-refractivity contribution is 6.01. The minimum Gasteiger partial charge on any atom is -0.342 e. The lowest BCUT2D eigenvalue weighted by Crippen LogP contribution is -2.75. The maximum Gasteiger partial charge on any atom is 0.249 e. The Balaban J connectivity index is 2.15. The van der Waals surface area contributed by atoms with Crippen molar-refractivity contribution in [2.75, 3.05) is 6.54 Å². The van der Waals surface area contributed by atoms with E-state index in [9.17, 15) is 14.9 Å². The molecule has 1 aromatic carbocycles. The zero-order valence-electron chi connectivity index (χ0n) is 11.6. The van der Waals surface area contributed by atoms with Gasteiger partial charge in [-0.1, -0.05) is 30.3 Å². The summed E-state index contributed by atoms with van der Waals surface area (Å²) in [6, 6.07) is 10.7. The van der Waals surface area contributed by atoms with E-state index >= 15 is 0 Å². The normalized spacial score (nSPS) is 35.1. The fourth-order valence-corrected chi connectivity index (χ4v) is 3.21. The van der Waals surface area contributed by atoms with E-state index in [-0.39, 0.29) is 11.8 Å². The second kappa shape index (κ2) is 4.57. The van der Waals surface area contributed by atoms with E-state index in [1.165, 1.54) is 0 Å². The number of carbonyl (C=O) groups excluding carboxylic acids is 2. The van der Waals surface area contributed by atoms with Crippen LogP contribution in [0.25, 0.3) is 0 Å². The minimum absolute atomic E-state index is 0.270. The summed E-state index contributed by atoms with van der Waals surface area (Å²) in [5, 5.41) is 18.4. The Morgan fingerprint density at radius 3 is 2.67 bits per heavy atom. The number of carbonyl (C=O) groups is 2. The number of hydrogen-bond donors (Lipinski definition) is 3. The van der Waals surface area contributed by atoms with E-state index in [1.807, 2.05) is 18.2 Å². The highest BCUT2D eigenvalue weighted by Crippen LogP contribution is 2.40. The van der Waals surface area contributed by atoms with Gasteiger partial charge in [-0.15, -0.1) is 0 Å². The molecule has 0 aromatic heterocycles. The molecule has 2 heterocycles. The molecule has 0 bridgehead atoms. The Labute approximate surface area is 122 Å². The van der Waals surface area contributed by atoms with E-state index in [0.29, 0.717) is 18.5 Å². The third-order valence-electron chi connectivity index (χ3n) is 4.37. The molecule has 2 amide bonds. The van der Waals surface area contributed by atoms with Gasteiger partial charge in [0.05, 0.1) is 6.07 Å². The molecule has 6 nitrogen and oxygen atoms in total. The van der Waals surface area contributed by atoms with Crippen molar-refractivity contribution in [3.8, 4) is 6.07 Å². The summed E-state index contributed by atoms with van der Waals surface area (Å²) in [6.07, 6.45) is 0.375. The third-order valence-corrected chi connectivity index (χ3v) is 4.37. The number of benzene rings is 1. The lowest BCUT2D eigenvalue weighted by molar-refractivity contribution is -0.143. The fraction of sp³-hybridized carbons (Fsp3) is 0.400. The molecule has 21 heavy (non-hydrogen) atoms. The maximum absolute atomic E-state index is 12.6. The quantitative estimate of drug-likeness (QED) is 0.664. The molecule has 0 saturated carbocycles. The Morgan fingerprint density at radius 1 is 1.29 bits per heavy atom. The Kier molecular flexibility index (Phi) is 2.96. The average Bonchev–Trinajstić information content (AvgIpc) is 2.87. The van der Waals surface area contributed by atoms with Crippen molar-refractivity contribution in [1.29, 1.82) is 5.26 Å². The largest absolute Gasteiger partial charge is 0.342 e. The second-order valence-electron chi connectivity index (χ2n) is 5.49. The lowest BCUT2D eigenvalue weighted by Gasteiger charge is -2.44. The number of hydrogen-bond acceptors (Lipinski definition) is 4. The van der Waals surface area contributed by atoms with Gasteiger partial charge in [-0.25, -0.2) is 0 Å². The molecule has 3 atom stereocenters. The molecule has 3 rings (SSSR count). The first-order valence-corrected chi connectivity index (χ1v) is 6.90. The summed E-state index contributed by atoms with van der Waals surface area (Å²) in [5.41, 5.74) is -1.85. The van der Waals surface area contributed by atoms with Gasteiger partial charge in [0.15, 0.2) is 11.1 Å². The van der Waals surface area contributed by atoms with Gasteiger partial charge < -0.3 is 10.6 Å². The van der Waals surface area contributed by atoms with E-state index < -0.39 is 17.1 Å². The number of piperazine rings is 1. The van der Waals surface area contributed by atoms with Crippen LogP contribution in [0.1, 0.15) is 18.9 Å². The van der Waals surface area contributed by atoms with Gasteiger partial charge in [0.2, 0.25) is 11.8 Å². The summed E-state index contributed by atoms with van der Waals surface area (Å²) in [6.45, 7) is 2.10. The van der Waals surface area contributed by atoms with Crippen LogP contribution in [0.4, 0.5) is 0 Å². The molecule has 1 spiro atoms. The summed E-state index contributed by atoms with van der Waals surface area (Å²) >= 11 is 0. The van der Waals surface area contributed by atoms with Gasteiger partial charge in [-0.3, -0.25) is 14.9 Å². The molecule has 3 N–H and O–H groups in total. The van der Waals surface area contributed by atoms with E-state index in [0.717, 1.165) is 0 Å². The van der Waals surface area contributed by atoms with E-state index in [2.05, 4.69) is 22.0 Å². The average molecular weight is 284 g/mol. The van der Waals surface area contributed by atoms with Crippen LogP contribution in [-0.4, -0.2) is 29.9 Å². The van der Waals surface area contributed by atoms with E-state index in [1.54, 1.807) is 19.1 Å². The zero-order valence-corrected chi connectivity index (χ0v) is 11.6. The first-order valence-electron chi connectivity index (χ1n) is 6.90. The van der Waals surface area contributed by atoms with Gasteiger partial charge in [0.25, 0.3) is 0 Å². The first kappa shape index (κ1) is 13.6. The molecule has 3 unspecified atom stereocenters. The van der Waals surface area contributed by atoms with Crippen LogP contribution in [0.3, 0.4) is 0 Å². The van der Waals surface area contributed by atoms with Crippen molar-refractivity contribution >= 4 is 11.8 Å². The number of nitrogens with zero attached hydrogens (tertiary/aromatic N) is 1. The fourth-order valence-electron chi connectivity index (χ4n) is 3.21. The van der Waals surface area contributed by atoms with Gasteiger partial charge in [0, 0.05) is 0 Å². The lowest BCUT2D eigenvalue weighted by atomic mass is 9.72. The summed E-state index contributed by atoms with van der Waals surface area (Å²) in [5.74, 6) is -0.584. The molecule has 2 aliphatic heterocycles. The zero-order chi connectivity index (χ0) is 15.1. The topological polar surface area (TPSA) is 94.0 Å². The second-order valence-corrected chi connectivity index (χ2v) is 5.49. The van der Waals surface area contributed by atoms with Crippen molar-refractivity contribution in [1.82, 2.24) is 16.0 Å². The van der Waals surface area contributed by atoms with Crippen molar-refractivity contribution in [2.45, 2.75) is 30.5 Å². The van der Waals surface area contributed by atoms with Crippen LogP contribution in [-0.2, 0) is 15.1 Å². The molecular formula is C15H16N4O2. The number of rotatable bonds is 1. The maximum atomic E-state index is 12.6. The minimum atomic E-state index is -1.27. The molecule has 108 valence electrons. The van der Waals surface area contributed by atoms with Gasteiger partial charge in [-0.2, -0.15) is 5.26 Å². The predicted molar refractivity (Wildman–Crippen MR) is 74.8 cm³/mol.